The molecule has 0 saturated heterocycles. The smallest absolute Gasteiger partial charge is 0.288 e. The van der Waals surface area contributed by atoms with Crippen LogP contribution >= 0.6 is 7.80 Å². The average Bonchev–Trinajstić information content (AvgIpc) is 2.45. The average molecular weight is 327 g/mol. The van der Waals surface area contributed by atoms with E-state index < -0.39 is 7.80 Å². The van der Waals surface area contributed by atoms with Gasteiger partial charge in [-0.15, -0.1) is 0 Å². The maximum absolute atomic E-state index is 13.1. The minimum absolute atomic E-state index is 0.0253. The highest BCUT2D eigenvalue weighted by Crippen LogP contribution is 2.27. The van der Waals surface area contributed by atoms with E-state index in [1.807, 2.05) is 65.0 Å². The minimum atomic E-state index is -1.56. The highest BCUT2D eigenvalue weighted by molar-refractivity contribution is 7.53. The van der Waals surface area contributed by atoms with Crippen molar-refractivity contribution >= 4 is 18.9 Å². The summed E-state index contributed by atoms with van der Waals surface area (Å²) in [6, 6.07) is 11.4. The summed E-state index contributed by atoms with van der Waals surface area (Å²) >= 11 is 0. The molecular formula is C20H24O2P+. The number of rotatable bonds is 5. The largest absolute Gasteiger partial charge is 0.377 e. The standard InChI is InChI=1S/C20H24O2P/c1-13(2)12-23(22)18-9-7-6-8-17(18)20(21)19-15(4)10-14(3)11-16(19)5/h6-11,13H,12H2,1-5H3/q+1. The zero-order valence-electron chi connectivity index (χ0n) is 14.5. The van der Waals surface area contributed by atoms with Gasteiger partial charge in [0.15, 0.2) is 11.9 Å². The number of ketones is 1. The monoisotopic (exact) mass is 327 g/mol. The summed E-state index contributed by atoms with van der Waals surface area (Å²) < 4.78 is 12.6. The van der Waals surface area contributed by atoms with Crippen LogP contribution in [-0.2, 0) is 4.57 Å². The number of benzene rings is 2. The van der Waals surface area contributed by atoms with E-state index in [4.69, 9.17) is 0 Å². The highest BCUT2D eigenvalue weighted by atomic mass is 31.1. The van der Waals surface area contributed by atoms with Gasteiger partial charge in [0.1, 0.15) is 0 Å². The fraction of sp³-hybridized carbons (Fsp3) is 0.350. The van der Waals surface area contributed by atoms with Crippen LogP contribution < -0.4 is 5.30 Å². The zero-order valence-corrected chi connectivity index (χ0v) is 15.4. The lowest BCUT2D eigenvalue weighted by Crippen LogP contribution is -2.16. The fourth-order valence-electron chi connectivity index (χ4n) is 2.99. The molecule has 0 aromatic heterocycles. The van der Waals surface area contributed by atoms with Crippen LogP contribution in [-0.4, -0.2) is 11.9 Å². The summed E-state index contributed by atoms with van der Waals surface area (Å²) in [4.78, 5) is 13.1. The van der Waals surface area contributed by atoms with Gasteiger partial charge in [0.25, 0.3) is 0 Å². The molecule has 2 rings (SSSR count). The van der Waals surface area contributed by atoms with Crippen LogP contribution in [0.5, 0.6) is 0 Å². The molecule has 0 spiro atoms. The molecule has 0 N–H and O–H groups in total. The number of carbonyl (C=O) groups excluding carboxylic acids is 1. The Balaban J connectivity index is 2.51. The minimum Gasteiger partial charge on any atom is -0.288 e. The first-order valence-electron chi connectivity index (χ1n) is 7.97. The lowest BCUT2D eigenvalue weighted by Gasteiger charge is -2.10. The number of hydrogen-bond acceptors (Lipinski definition) is 2. The molecule has 0 aliphatic heterocycles. The summed E-state index contributed by atoms with van der Waals surface area (Å²) in [5.41, 5.74) is 4.40. The molecule has 2 aromatic carbocycles. The second kappa shape index (κ2) is 7.19. The van der Waals surface area contributed by atoms with Crippen molar-refractivity contribution in [2.24, 2.45) is 5.92 Å². The van der Waals surface area contributed by atoms with Crippen molar-refractivity contribution in [1.29, 1.82) is 0 Å². The molecule has 23 heavy (non-hydrogen) atoms. The Labute approximate surface area is 139 Å². The summed E-state index contributed by atoms with van der Waals surface area (Å²) in [5.74, 6) is 0.312. The quantitative estimate of drug-likeness (QED) is 0.575. The van der Waals surface area contributed by atoms with Gasteiger partial charge >= 0.3 is 7.80 Å². The summed E-state index contributed by atoms with van der Waals surface area (Å²) in [5, 5.41) is 0.681. The molecule has 2 aromatic rings. The molecule has 0 aliphatic carbocycles. The van der Waals surface area contributed by atoms with Gasteiger partial charge in [-0.2, -0.15) is 0 Å². The van der Waals surface area contributed by atoms with Crippen molar-refractivity contribution in [3.8, 4) is 0 Å². The van der Waals surface area contributed by atoms with Gasteiger partial charge in [0.05, 0.1) is 5.56 Å². The van der Waals surface area contributed by atoms with E-state index in [9.17, 15) is 9.36 Å². The Morgan fingerprint density at radius 2 is 1.61 bits per heavy atom. The Morgan fingerprint density at radius 1 is 1.04 bits per heavy atom. The third kappa shape index (κ3) is 3.95. The van der Waals surface area contributed by atoms with E-state index in [0.29, 0.717) is 22.9 Å². The van der Waals surface area contributed by atoms with Crippen molar-refractivity contribution in [3.05, 3.63) is 64.2 Å². The molecule has 3 heteroatoms. The van der Waals surface area contributed by atoms with Gasteiger partial charge in [-0.3, -0.25) is 4.79 Å². The van der Waals surface area contributed by atoms with Crippen molar-refractivity contribution in [1.82, 2.24) is 0 Å². The lowest BCUT2D eigenvalue weighted by atomic mass is 9.93. The Hall–Kier alpha value is -1.79. The molecular weight excluding hydrogens is 303 g/mol. The molecule has 0 radical (unpaired) electrons. The molecule has 0 aliphatic rings. The Kier molecular flexibility index (Phi) is 5.49. The molecule has 0 amide bonds. The summed E-state index contributed by atoms with van der Waals surface area (Å²) in [6.45, 7) is 10.0. The maximum Gasteiger partial charge on any atom is 0.377 e. The SMILES string of the molecule is Cc1cc(C)c(C(=O)c2ccccc2[P+](=O)CC(C)C)c(C)c1. The molecule has 0 fully saturated rings. The van der Waals surface area contributed by atoms with Gasteiger partial charge in [-0.1, -0.05) is 48.2 Å². The van der Waals surface area contributed by atoms with Crippen LogP contribution in [0.3, 0.4) is 0 Å². The van der Waals surface area contributed by atoms with Gasteiger partial charge < -0.3 is 0 Å². The second-order valence-electron chi connectivity index (χ2n) is 6.57. The van der Waals surface area contributed by atoms with Gasteiger partial charge in [-0.05, 0) is 49.9 Å². The van der Waals surface area contributed by atoms with Crippen LogP contribution in [0.25, 0.3) is 0 Å². The number of hydrogen-bond donors (Lipinski definition) is 0. The maximum atomic E-state index is 13.1. The fourth-order valence-corrected chi connectivity index (χ4v) is 4.54. The van der Waals surface area contributed by atoms with Crippen molar-refractivity contribution in [2.45, 2.75) is 34.6 Å². The predicted octanol–water partition coefficient (Wildman–Crippen LogP) is 4.95. The highest BCUT2D eigenvalue weighted by Gasteiger charge is 2.29. The van der Waals surface area contributed by atoms with Crippen LogP contribution in [0.4, 0.5) is 0 Å². The molecule has 1 unspecified atom stereocenters. The van der Waals surface area contributed by atoms with E-state index in [2.05, 4.69) is 0 Å². The van der Waals surface area contributed by atoms with E-state index >= 15 is 0 Å². The number of carbonyl (C=O) groups is 1. The van der Waals surface area contributed by atoms with Gasteiger partial charge in [0.2, 0.25) is 5.30 Å². The first kappa shape index (κ1) is 17.6. The zero-order chi connectivity index (χ0) is 17.1. The van der Waals surface area contributed by atoms with E-state index in [1.165, 1.54) is 0 Å². The molecule has 0 saturated carbocycles. The van der Waals surface area contributed by atoms with Crippen molar-refractivity contribution < 1.29 is 9.36 Å². The van der Waals surface area contributed by atoms with Crippen LogP contribution in [0.15, 0.2) is 36.4 Å². The van der Waals surface area contributed by atoms with E-state index in [0.717, 1.165) is 22.3 Å². The third-order valence-corrected chi connectivity index (χ3v) is 5.84. The van der Waals surface area contributed by atoms with E-state index in [-0.39, 0.29) is 5.78 Å². The Morgan fingerprint density at radius 3 is 2.17 bits per heavy atom. The molecule has 0 heterocycles. The molecule has 0 bridgehead atoms. The lowest BCUT2D eigenvalue weighted by molar-refractivity contribution is 0.103. The second-order valence-corrected chi connectivity index (χ2v) is 8.18. The predicted molar refractivity (Wildman–Crippen MR) is 97.5 cm³/mol. The third-order valence-electron chi connectivity index (χ3n) is 3.85. The van der Waals surface area contributed by atoms with Gasteiger partial charge in [-0.25, -0.2) is 0 Å². The first-order chi connectivity index (χ1) is 10.8. The topological polar surface area (TPSA) is 34.1 Å². The normalized spacial score (nSPS) is 11.7. The Bertz CT molecular complexity index is 737. The van der Waals surface area contributed by atoms with Crippen LogP contribution in [0.1, 0.15) is 46.5 Å². The van der Waals surface area contributed by atoms with E-state index in [1.54, 1.807) is 6.07 Å². The summed E-state index contributed by atoms with van der Waals surface area (Å²) in [6.07, 6.45) is 0.603. The van der Waals surface area contributed by atoms with Crippen molar-refractivity contribution in [3.63, 3.8) is 0 Å². The van der Waals surface area contributed by atoms with Crippen LogP contribution in [0.2, 0.25) is 0 Å². The molecule has 120 valence electrons. The van der Waals surface area contributed by atoms with Crippen molar-refractivity contribution in [2.75, 3.05) is 6.16 Å². The summed E-state index contributed by atoms with van der Waals surface area (Å²) in [7, 11) is -1.56. The van der Waals surface area contributed by atoms with Crippen LogP contribution in [0, 0.1) is 26.7 Å². The number of aryl methyl sites for hydroxylation is 3. The first-order valence-corrected chi connectivity index (χ1v) is 9.42. The molecule has 2 nitrogen and oxygen atoms in total. The van der Waals surface area contributed by atoms with Gasteiger partial charge in [0, 0.05) is 5.56 Å². The molecule has 1 atom stereocenters.